The summed E-state index contributed by atoms with van der Waals surface area (Å²) in [6.45, 7) is 2.37. The molecule has 27 heavy (non-hydrogen) atoms. The van der Waals surface area contributed by atoms with Gasteiger partial charge in [-0.25, -0.2) is 4.39 Å². The molecular formula is C19H22F3N3O2. The summed E-state index contributed by atoms with van der Waals surface area (Å²) in [6.07, 6.45) is -2.98. The molecule has 0 saturated carbocycles. The predicted octanol–water partition coefficient (Wildman–Crippen LogP) is 2.61. The normalized spacial score (nSPS) is 13.4. The second kappa shape index (κ2) is 10.0. The number of aliphatic hydroxyl groups is 1. The molecule has 2 rings (SSSR count). The molecule has 0 aliphatic heterocycles. The van der Waals surface area contributed by atoms with Crippen LogP contribution in [0.15, 0.2) is 42.6 Å². The van der Waals surface area contributed by atoms with Gasteiger partial charge >= 0.3 is 6.43 Å². The number of pyridine rings is 1. The average Bonchev–Trinajstić information content (AvgIpc) is 2.70. The molecule has 8 heteroatoms. The number of nitrogens with zero attached hydrogens (tertiary/aromatic N) is 1. The molecule has 2 atom stereocenters. The Balaban J connectivity index is 2.08. The van der Waals surface area contributed by atoms with Crippen LogP contribution in [-0.2, 0) is 11.3 Å². The van der Waals surface area contributed by atoms with Crippen molar-refractivity contribution >= 4 is 5.91 Å². The molecule has 2 aromatic rings. The van der Waals surface area contributed by atoms with Crippen LogP contribution in [0.3, 0.4) is 0 Å². The Kier molecular flexibility index (Phi) is 7.75. The Morgan fingerprint density at radius 3 is 2.33 bits per heavy atom. The first-order valence-electron chi connectivity index (χ1n) is 8.54. The molecule has 1 aromatic carbocycles. The number of carbonyl (C=O) groups excluding carboxylic acids is 1. The molecule has 0 aliphatic rings. The minimum Gasteiger partial charge on any atom is -0.386 e. The van der Waals surface area contributed by atoms with Crippen molar-refractivity contribution in [3.05, 3.63) is 53.9 Å². The van der Waals surface area contributed by atoms with E-state index in [1.165, 1.54) is 0 Å². The zero-order valence-corrected chi connectivity index (χ0v) is 14.8. The summed E-state index contributed by atoms with van der Waals surface area (Å²) in [4.78, 5) is 15.4. The lowest BCUT2D eigenvalue weighted by Crippen LogP contribution is -2.43. The van der Waals surface area contributed by atoms with Gasteiger partial charge in [0.05, 0.1) is 11.7 Å². The van der Waals surface area contributed by atoms with Crippen molar-refractivity contribution in [1.82, 2.24) is 15.6 Å². The van der Waals surface area contributed by atoms with Crippen molar-refractivity contribution in [2.75, 3.05) is 13.2 Å². The quantitative estimate of drug-likeness (QED) is 0.624. The van der Waals surface area contributed by atoms with Crippen LogP contribution in [0.2, 0.25) is 0 Å². The molecule has 0 spiro atoms. The number of halogens is 3. The van der Waals surface area contributed by atoms with Gasteiger partial charge in [-0.05, 0) is 23.7 Å². The summed E-state index contributed by atoms with van der Waals surface area (Å²) in [5, 5.41) is 15.2. The highest BCUT2D eigenvalue weighted by molar-refractivity contribution is 5.79. The highest BCUT2D eigenvalue weighted by atomic mass is 19.3. The van der Waals surface area contributed by atoms with Crippen LogP contribution in [-0.4, -0.2) is 41.7 Å². The topological polar surface area (TPSA) is 74.2 Å². The number of aliphatic hydroxyl groups excluding tert-OH is 1. The van der Waals surface area contributed by atoms with Crippen molar-refractivity contribution in [3.8, 4) is 11.1 Å². The summed E-state index contributed by atoms with van der Waals surface area (Å²) in [6, 6.07) is 8.92. The van der Waals surface area contributed by atoms with E-state index in [1.807, 2.05) is 19.1 Å². The second-order valence-electron chi connectivity index (χ2n) is 5.96. The lowest BCUT2D eigenvalue weighted by atomic mass is 9.99. The van der Waals surface area contributed by atoms with Crippen LogP contribution in [0.1, 0.15) is 24.3 Å². The number of carbonyl (C=O) groups is 1. The Morgan fingerprint density at radius 1 is 1.15 bits per heavy atom. The van der Waals surface area contributed by atoms with Gasteiger partial charge in [0.25, 0.3) is 5.91 Å². The standard InChI is InChI=1S/C19H22F3N3O2/c1-2-23-11-15-8-7-14(10-24-15)12-3-5-13(6-4-12)17(26)16(9-20)25-19(27)18(21)22/h3-8,10,16-18,23,26H,2,9,11H2,1H3,(H,25,27)/t16-,17-/m0/s1. The zero-order valence-electron chi connectivity index (χ0n) is 14.8. The van der Waals surface area contributed by atoms with E-state index in [9.17, 15) is 23.1 Å². The third-order valence-electron chi connectivity index (χ3n) is 4.04. The number of benzene rings is 1. The van der Waals surface area contributed by atoms with Crippen molar-refractivity contribution in [2.24, 2.45) is 0 Å². The van der Waals surface area contributed by atoms with E-state index < -0.39 is 31.2 Å². The third-order valence-corrected chi connectivity index (χ3v) is 4.04. The van der Waals surface area contributed by atoms with E-state index in [4.69, 9.17) is 0 Å². The van der Waals surface area contributed by atoms with Crippen molar-refractivity contribution < 1.29 is 23.1 Å². The molecular weight excluding hydrogens is 359 g/mol. The molecule has 3 N–H and O–H groups in total. The lowest BCUT2D eigenvalue weighted by molar-refractivity contribution is -0.133. The Morgan fingerprint density at radius 2 is 1.81 bits per heavy atom. The summed E-state index contributed by atoms with van der Waals surface area (Å²) in [7, 11) is 0. The molecule has 1 heterocycles. The lowest BCUT2D eigenvalue weighted by Gasteiger charge is -2.22. The zero-order chi connectivity index (χ0) is 19.8. The summed E-state index contributed by atoms with van der Waals surface area (Å²) < 4.78 is 37.7. The highest BCUT2D eigenvalue weighted by Gasteiger charge is 2.26. The SMILES string of the molecule is CCNCc1ccc(-c2ccc([C@H](O)[C@H](CF)NC(=O)C(F)F)cc2)cn1. The monoisotopic (exact) mass is 381 g/mol. The smallest absolute Gasteiger partial charge is 0.315 e. The van der Waals surface area contributed by atoms with Gasteiger partial charge in [0.15, 0.2) is 0 Å². The maximum atomic E-state index is 13.1. The summed E-state index contributed by atoms with van der Waals surface area (Å²) in [5.41, 5.74) is 2.92. The van der Waals surface area contributed by atoms with Crippen LogP contribution in [0.5, 0.6) is 0 Å². The van der Waals surface area contributed by atoms with Gasteiger partial charge < -0.3 is 15.7 Å². The fraction of sp³-hybridized carbons (Fsp3) is 0.368. The summed E-state index contributed by atoms with van der Waals surface area (Å²) >= 11 is 0. The van der Waals surface area contributed by atoms with E-state index in [0.717, 1.165) is 23.4 Å². The average molecular weight is 381 g/mol. The number of hydrogen-bond acceptors (Lipinski definition) is 4. The first-order chi connectivity index (χ1) is 13.0. The number of nitrogens with one attached hydrogen (secondary N) is 2. The van der Waals surface area contributed by atoms with Gasteiger partial charge in [0.1, 0.15) is 12.8 Å². The van der Waals surface area contributed by atoms with Gasteiger partial charge in [-0.3, -0.25) is 9.78 Å². The molecule has 1 aromatic heterocycles. The first-order valence-corrected chi connectivity index (χ1v) is 8.54. The predicted molar refractivity (Wildman–Crippen MR) is 95.9 cm³/mol. The van der Waals surface area contributed by atoms with Crippen LogP contribution < -0.4 is 10.6 Å². The molecule has 0 aliphatic carbocycles. The highest BCUT2D eigenvalue weighted by Crippen LogP contribution is 2.23. The molecule has 0 unspecified atom stereocenters. The van der Waals surface area contributed by atoms with Crippen LogP contribution in [0.25, 0.3) is 11.1 Å². The first kappa shape index (κ1) is 20.9. The number of rotatable bonds is 9. The second-order valence-corrected chi connectivity index (χ2v) is 5.96. The van der Waals surface area contributed by atoms with E-state index in [0.29, 0.717) is 12.1 Å². The Bertz CT molecular complexity index is 724. The Hall–Kier alpha value is -2.45. The van der Waals surface area contributed by atoms with E-state index >= 15 is 0 Å². The largest absolute Gasteiger partial charge is 0.386 e. The van der Waals surface area contributed by atoms with E-state index in [1.54, 1.807) is 35.8 Å². The van der Waals surface area contributed by atoms with Gasteiger partial charge in [0, 0.05) is 18.3 Å². The maximum absolute atomic E-state index is 13.1. The fourth-order valence-electron chi connectivity index (χ4n) is 2.51. The number of hydrogen-bond donors (Lipinski definition) is 3. The van der Waals surface area contributed by atoms with Gasteiger partial charge in [0.2, 0.25) is 0 Å². The molecule has 0 bridgehead atoms. The fourth-order valence-corrected chi connectivity index (χ4v) is 2.51. The number of aromatic nitrogens is 1. The van der Waals surface area contributed by atoms with E-state index in [2.05, 4.69) is 10.3 Å². The molecule has 0 radical (unpaired) electrons. The van der Waals surface area contributed by atoms with E-state index in [-0.39, 0.29) is 0 Å². The molecule has 5 nitrogen and oxygen atoms in total. The van der Waals surface area contributed by atoms with Gasteiger partial charge in [-0.2, -0.15) is 8.78 Å². The third kappa shape index (κ3) is 5.77. The van der Waals surface area contributed by atoms with Gasteiger partial charge in [-0.1, -0.05) is 37.3 Å². The van der Waals surface area contributed by atoms with Crippen molar-refractivity contribution in [1.29, 1.82) is 0 Å². The number of amides is 1. The van der Waals surface area contributed by atoms with Crippen LogP contribution >= 0.6 is 0 Å². The van der Waals surface area contributed by atoms with Crippen molar-refractivity contribution in [2.45, 2.75) is 32.0 Å². The van der Waals surface area contributed by atoms with Gasteiger partial charge in [-0.15, -0.1) is 0 Å². The van der Waals surface area contributed by atoms with Crippen LogP contribution in [0.4, 0.5) is 13.2 Å². The Labute approximate surface area is 155 Å². The molecule has 0 fully saturated rings. The number of alkyl halides is 3. The summed E-state index contributed by atoms with van der Waals surface area (Å²) in [5.74, 6) is -1.61. The van der Waals surface area contributed by atoms with Crippen molar-refractivity contribution in [3.63, 3.8) is 0 Å². The molecule has 146 valence electrons. The molecule has 0 saturated heterocycles. The van der Waals surface area contributed by atoms with Crippen LogP contribution in [0, 0.1) is 0 Å². The minimum atomic E-state index is -3.27. The minimum absolute atomic E-state index is 0.313. The molecule has 1 amide bonds. The maximum Gasteiger partial charge on any atom is 0.315 e.